The van der Waals surface area contributed by atoms with Crippen LogP contribution in [0.15, 0.2) is 48.8 Å². The molecular weight excluding hydrogens is 567 g/mol. The van der Waals surface area contributed by atoms with Gasteiger partial charge in [-0.05, 0) is 110 Å². The first-order valence-corrected chi connectivity index (χ1v) is 16.5. The van der Waals surface area contributed by atoms with E-state index in [0.717, 1.165) is 24.8 Å². The Morgan fingerprint density at radius 1 is 1.11 bits per heavy atom. The Hall–Kier alpha value is -1.45. The lowest BCUT2D eigenvalue weighted by molar-refractivity contribution is -0.00243. The standard InChI is InChI=1S/C28H41IN2O3Si/c1-27(2,3)33-26(32)31-23(18-20-11-13-22(29)14-12-20)15-16-24(31)25(21-10-9-17-30-19-21)34-35(7,8)28(4,5)6/h9-14,17,19,23-25H,15-16,18H2,1-8H3. The number of hydrogen-bond donors (Lipinski definition) is 0. The minimum atomic E-state index is -2.14. The second-order valence-corrected chi connectivity index (χ2v) is 18.1. The van der Waals surface area contributed by atoms with Crippen molar-refractivity contribution in [3.05, 3.63) is 63.5 Å². The maximum Gasteiger partial charge on any atom is 0.410 e. The van der Waals surface area contributed by atoms with E-state index in [-0.39, 0.29) is 29.3 Å². The molecule has 7 heteroatoms. The molecule has 3 unspecified atom stereocenters. The highest BCUT2D eigenvalue weighted by Gasteiger charge is 2.47. The van der Waals surface area contributed by atoms with E-state index < -0.39 is 13.9 Å². The quantitative estimate of drug-likeness (QED) is 0.249. The van der Waals surface area contributed by atoms with Crippen LogP contribution in [-0.2, 0) is 15.6 Å². The van der Waals surface area contributed by atoms with Crippen molar-refractivity contribution in [3.8, 4) is 0 Å². The van der Waals surface area contributed by atoms with Crippen LogP contribution in [0, 0.1) is 3.57 Å². The molecule has 5 nitrogen and oxygen atoms in total. The van der Waals surface area contributed by atoms with Gasteiger partial charge in [-0.1, -0.05) is 39.0 Å². The summed E-state index contributed by atoms with van der Waals surface area (Å²) in [6.07, 6.45) is 5.73. The Morgan fingerprint density at radius 2 is 1.77 bits per heavy atom. The molecule has 0 saturated carbocycles. The molecule has 0 N–H and O–H groups in total. The van der Waals surface area contributed by atoms with E-state index in [1.165, 1.54) is 9.13 Å². The van der Waals surface area contributed by atoms with Crippen LogP contribution in [0.2, 0.25) is 18.1 Å². The van der Waals surface area contributed by atoms with Gasteiger partial charge in [0.25, 0.3) is 0 Å². The highest BCUT2D eigenvalue weighted by molar-refractivity contribution is 14.1. The molecule has 0 spiro atoms. The highest BCUT2D eigenvalue weighted by atomic mass is 127. The van der Waals surface area contributed by atoms with Crippen LogP contribution in [0.25, 0.3) is 0 Å². The molecule has 192 valence electrons. The zero-order valence-corrected chi connectivity index (χ0v) is 25.6. The molecule has 1 saturated heterocycles. The van der Waals surface area contributed by atoms with Crippen LogP contribution in [0.4, 0.5) is 4.79 Å². The summed E-state index contributed by atoms with van der Waals surface area (Å²) in [4.78, 5) is 20.0. The number of rotatable bonds is 6. The summed E-state index contributed by atoms with van der Waals surface area (Å²) >= 11 is 2.32. The van der Waals surface area contributed by atoms with Crippen molar-refractivity contribution in [1.82, 2.24) is 9.88 Å². The second kappa shape index (κ2) is 10.9. The van der Waals surface area contributed by atoms with Gasteiger partial charge in [-0.15, -0.1) is 0 Å². The maximum absolute atomic E-state index is 13.7. The van der Waals surface area contributed by atoms with Gasteiger partial charge in [0.15, 0.2) is 8.32 Å². The number of likely N-dealkylation sites (tertiary alicyclic amines) is 1. The molecule has 1 aromatic heterocycles. The van der Waals surface area contributed by atoms with Crippen molar-refractivity contribution in [3.63, 3.8) is 0 Å². The number of amides is 1. The molecule has 35 heavy (non-hydrogen) atoms. The van der Waals surface area contributed by atoms with Gasteiger partial charge in [0.2, 0.25) is 0 Å². The summed E-state index contributed by atoms with van der Waals surface area (Å²) in [5.41, 5.74) is 1.68. The summed E-state index contributed by atoms with van der Waals surface area (Å²) in [5.74, 6) is 0. The highest BCUT2D eigenvalue weighted by Crippen LogP contribution is 2.44. The molecule has 1 aliphatic rings. The van der Waals surface area contributed by atoms with E-state index in [9.17, 15) is 4.79 Å². The van der Waals surface area contributed by atoms with Gasteiger partial charge in [0.05, 0.1) is 12.1 Å². The van der Waals surface area contributed by atoms with E-state index in [1.54, 1.807) is 6.20 Å². The molecule has 1 fully saturated rings. The van der Waals surface area contributed by atoms with Crippen LogP contribution in [0.5, 0.6) is 0 Å². The molecule has 1 amide bonds. The molecule has 0 radical (unpaired) electrons. The average Bonchev–Trinajstić information content (AvgIpc) is 3.15. The van der Waals surface area contributed by atoms with Gasteiger partial charge >= 0.3 is 6.09 Å². The Balaban J connectivity index is 2.00. The third kappa shape index (κ3) is 7.29. The van der Waals surface area contributed by atoms with E-state index in [1.807, 2.05) is 37.9 Å². The predicted molar refractivity (Wildman–Crippen MR) is 153 cm³/mol. The third-order valence-electron chi connectivity index (χ3n) is 7.13. The summed E-state index contributed by atoms with van der Waals surface area (Å²) in [7, 11) is -2.14. The average molecular weight is 609 g/mol. The van der Waals surface area contributed by atoms with E-state index >= 15 is 0 Å². The minimum Gasteiger partial charge on any atom is -0.444 e. The third-order valence-corrected chi connectivity index (χ3v) is 12.3. The first kappa shape index (κ1) is 28.1. The molecule has 2 heterocycles. The van der Waals surface area contributed by atoms with Crippen molar-refractivity contribution >= 4 is 37.0 Å². The number of hydrogen-bond acceptors (Lipinski definition) is 4. The van der Waals surface area contributed by atoms with Gasteiger partial charge in [0, 0.05) is 22.0 Å². The van der Waals surface area contributed by atoms with Crippen LogP contribution in [0.3, 0.4) is 0 Å². The topological polar surface area (TPSA) is 51.7 Å². The molecule has 2 aromatic rings. The number of carbonyl (C=O) groups is 1. The Bertz CT molecular complexity index is 984. The van der Waals surface area contributed by atoms with Crippen LogP contribution in [0.1, 0.15) is 71.6 Å². The summed E-state index contributed by atoms with van der Waals surface area (Å²) in [5, 5.41) is 0.0450. The zero-order valence-electron chi connectivity index (χ0n) is 22.5. The first-order chi connectivity index (χ1) is 16.2. The zero-order chi connectivity index (χ0) is 26.0. The second-order valence-electron chi connectivity index (χ2n) is 12.1. The molecule has 3 rings (SSSR count). The van der Waals surface area contributed by atoms with Gasteiger partial charge < -0.3 is 9.16 Å². The van der Waals surface area contributed by atoms with Crippen molar-refractivity contribution in [2.45, 2.75) is 103 Å². The molecular formula is C28H41IN2O3Si. The number of carbonyl (C=O) groups excluding carboxylic acids is 1. The summed E-state index contributed by atoms with van der Waals surface area (Å²) in [6.45, 7) is 17.1. The lowest BCUT2D eigenvalue weighted by Gasteiger charge is -2.43. The fourth-order valence-electron chi connectivity index (χ4n) is 4.31. The van der Waals surface area contributed by atoms with Crippen LogP contribution in [-0.4, -0.2) is 42.0 Å². The number of halogens is 1. The number of aromatic nitrogens is 1. The normalized spacial score (nSPS) is 20.1. The van der Waals surface area contributed by atoms with Gasteiger partial charge in [-0.3, -0.25) is 9.88 Å². The molecule has 0 aliphatic carbocycles. The maximum atomic E-state index is 13.7. The van der Waals surface area contributed by atoms with Crippen LogP contribution >= 0.6 is 22.6 Å². The molecule has 1 aromatic carbocycles. The largest absolute Gasteiger partial charge is 0.444 e. The molecule has 1 aliphatic heterocycles. The van der Waals surface area contributed by atoms with Crippen LogP contribution < -0.4 is 0 Å². The minimum absolute atomic E-state index is 0.0450. The summed E-state index contributed by atoms with van der Waals surface area (Å²) < 4.78 is 14.2. The van der Waals surface area contributed by atoms with Crippen molar-refractivity contribution in [2.24, 2.45) is 0 Å². The van der Waals surface area contributed by atoms with E-state index in [0.29, 0.717) is 0 Å². The predicted octanol–water partition coefficient (Wildman–Crippen LogP) is 7.76. The van der Waals surface area contributed by atoms with Crippen molar-refractivity contribution in [1.29, 1.82) is 0 Å². The number of pyridine rings is 1. The van der Waals surface area contributed by atoms with Gasteiger partial charge in [-0.2, -0.15) is 0 Å². The Morgan fingerprint density at radius 3 is 2.31 bits per heavy atom. The molecule has 3 atom stereocenters. The number of ether oxygens (including phenoxy) is 1. The summed E-state index contributed by atoms with van der Waals surface area (Å²) in [6, 6.07) is 12.5. The van der Waals surface area contributed by atoms with Gasteiger partial charge in [-0.25, -0.2) is 4.79 Å². The van der Waals surface area contributed by atoms with Crippen molar-refractivity contribution < 1.29 is 14.0 Å². The monoisotopic (exact) mass is 608 g/mol. The lowest BCUT2D eigenvalue weighted by atomic mass is 10.0. The first-order valence-electron chi connectivity index (χ1n) is 12.5. The fourth-order valence-corrected chi connectivity index (χ4v) is 5.95. The Kier molecular flexibility index (Phi) is 8.75. The number of nitrogens with zero attached hydrogens (tertiary/aromatic N) is 2. The lowest BCUT2D eigenvalue weighted by Crippen LogP contribution is -2.50. The van der Waals surface area contributed by atoms with E-state index in [4.69, 9.17) is 9.16 Å². The molecule has 0 bridgehead atoms. The van der Waals surface area contributed by atoms with Crippen molar-refractivity contribution in [2.75, 3.05) is 0 Å². The van der Waals surface area contributed by atoms with Gasteiger partial charge in [0.1, 0.15) is 5.60 Å². The Labute approximate surface area is 226 Å². The fraction of sp³-hybridized carbons (Fsp3) is 0.571. The SMILES string of the molecule is CC(C)(C)OC(=O)N1C(Cc2ccc(I)cc2)CCC1C(O[Si](C)(C)C(C)(C)C)c1cccnc1. The number of benzene rings is 1. The van der Waals surface area contributed by atoms with E-state index in [2.05, 4.69) is 91.8 Å². The smallest absolute Gasteiger partial charge is 0.410 e.